The summed E-state index contributed by atoms with van der Waals surface area (Å²) >= 11 is 1.62. The molecule has 0 bridgehead atoms. The van der Waals surface area contributed by atoms with Crippen LogP contribution in [0.3, 0.4) is 0 Å². The predicted octanol–water partition coefficient (Wildman–Crippen LogP) is 3.19. The Morgan fingerprint density at radius 1 is 0.964 bits per heavy atom. The fourth-order valence-corrected chi connectivity index (χ4v) is 5.51. The van der Waals surface area contributed by atoms with Crippen molar-refractivity contribution < 1.29 is 8.42 Å². The number of piperazine rings is 1. The third-order valence-electron chi connectivity index (χ3n) is 4.68. The number of benzene rings is 2. The van der Waals surface area contributed by atoms with Gasteiger partial charge in [-0.05, 0) is 29.8 Å². The molecule has 0 N–H and O–H groups in total. The quantitative estimate of drug-likeness (QED) is 0.660. The largest absolute Gasteiger partial charge is 0.345 e. The highest BCUT2D eigenvalue weighted by molar-refractivity contribution is 7.89. The van der Waals surface area contributed by atoms with Gasteiger partial charge in [-0.15, -0.1) is 0 Å². The molecule has 2 heterocycles. The summed E-state index contributed by atoms with van der Waals surface area (Å²) in [5.41, 5.74) is 1.58. The van der Waals surface area contributed by atoms with Gasteiger partial charge in [-0.2, -0.15) is 9.57 Å². The van der Waals surface area contributed by atoms with Crippen molar-refractivity contribution in [3.05, 3.63) is 66.4 Å². The average molecular weight is 411 g/mol. The van der Waals surface area contributed by atoms with Crippen LogP contribution in [0.5, 0.6) is 0 Å². The maximum atomic E-state index is 12.8. The lowest BCUT2D eigenvalue weighted by Gasteiger charge is -2.33. The van der Waals surface area contributed by atoms with Gasteiger partial charge >= 0.3 is 0 Å². The van der Waals surface area contributed by atoms with E-state index in [1.165, 1.54) is 28.6 Å². The van der Waals surface area contributed by atoms with Crippen LogP contribution in [-0.4, -0.2) is 43.9 Å². The summed E-state index contributed by atoms with van der Waals surface area (Å²) in [6.07, 6.45) is 1.87. The highest BCUT2D eigenvalue weighted by atomic mass is 32.2. The van der Waals surface area contributed by atoms with Gasteiger partial charge in [0, 0.05) is 32.4 Å². The lowest BCUT2D eigenvalue weighted by atomic mass is 10.2. The molecule has 142 valence electrons. The van der Waals surface area contributed by atoms with Crippen molar-refractivity contribution in [2.24, 2.45) is 0 Å². The van der Waals surface area contributed by atoms with E-state index in [-0.39, 0.29) is 4.90 Å². The molecule has 1 saturated heterocycles. The van der Waals surface area contributed by atoms with Crippen LogP contribution in [0.2, 0.25) is 0 Å². The van der Waals surface area contributed by atoms with Gasteiger partial charge in [-0.1, -0.05) is 41.7 Å². The number of nitriles is 1. The highest BCUT2D eigenvalue weighted by Gasteiger charge is 2.29. The van der Waals surface area contributed by atoms with Gasteiger partial charge in [0.05, 0.1) is 21.4 Å². The summed E-state index contributed by atoms with van der Waals surface area (Å²) in [4.78, 5) is 7.98. The molecule has 3 aromatic rings. The van der Waals surface area contributed by atoms with E-state index in [0.717, 1.165) is 15.6 Å². The molecule has 1 aliphatic rings. The average Bonchev–Trinajstić information content (AvgIpc) is 3.25. The molecule has 0 saturated carbocycles. The van der Waals surface area contributed by atoms with Crippen LogP contribution < -0.4 is 4.90 Å². The molecule has 0 unspecified atom stereocenters. The van der Waals surface area contributed by atoms with E-state index in [1.54, 1.807) is 11.3 Å². The van der Waals surface area contributed by atoms with Gasteiger partial charge in [-0.3, -0.25) is 0 Å². The minimum absolute atomic E-state index is 0.223. The molecule has 1 fully saturated rings. The molecule has 4 rings (SSSR count). The molecule has 0 aliphatic carbocycles. The first-order chi connectivity index (χ1) is 13.6. The SMILES string of the molecule is N#Cc1ccc(S(=O)(=O)N2CCN(c3ncc(-c4ccccc4)s3)CC2)cc1. The molecule has 0 radical (unpaired) electrons. The topological polar surface area (TPSA) is 77.3 Å². The van der Waals surface area contributed by atoms with Crippen molar-refractivity contribution in [2.45, 2.75) is 4.90 Å². The van der Waals surface area contributed by atoms with E-state index in [9.17, 15) is 8.42 Å². The van der Waals surface area contributed by atoms with Crippen LogP contribution in [0.1, 0.15) is 5.56 Å². The number of anilines is 1. The summed E-state index contributed by atoms with van der Waals surface area (Å²) in [6.45, 7) is 2.00. The van der Waals surface area contributed by atoms with Crippen LogP contribution in [0.15, 0.2) is 65.7 Å². The van der Waals surface area contributed by atoms with Crippen molar-refractivity contribution in [3.63, 3.8) is 0 Å². The molecule has 2 aromatic carbocycles. The standard InChI is InChI=1S/C20H18N4O2S2/c21-14-16-6-8-18(9-7-16)28(25,26)24-12-10-23(11-13-24)20-22-15-19(27-20)17-4-2-1-3-5-17/h1-9,15H,10-13H2. The molecule has 1 aliphatic heterocycles. The smallest absolute Gasteiger partial charge is 0.243 e. The zero-order valence-corrected chi connectivity index (χ0v) is 16.7. The van der Waals surface area contributed by atoms with Crippen molar-refractivity contribution in [3.8, 4) is 16.5 Å². The number of aromatic nitrogens is 1. The van der Waals surface area contributed by atoms with Gasteiger partial charge in [0.2, 0.25) is 10.0 Å². The summed E-state index contributed by atoms with van der Waals surface area (Å²) in [5, 5.41) is 9.78. The van der Waals surface area contributed by atoms with Crippen LogP contribution in [-0.2, 0) is 10.0 Å². The molecule has 8 heteroatoms. The number of sulfonamides is 1. The Bertz CT molecular complexity index is 1100. The Balaban J connectivity index is 1.44. The number of hydrogen-bond donors (Lipinski definition) is 0. The van der Waals surface area contributed by atoms with Crippen molar-refractivity contribution in [1.82, 2.24) is 9.29 Å². The Hall–Kier alpha value is -2.73. The van der Waals surface area contributed by atoms with Gasteiger partial charge in [0.25, 0.3) is 0 Å². The third-order valence-corrected chi connectivity index (χ3v) is 7.70. The molecule has 0 spiro atoms. The molecular weight excluding hydrogens is 392 g/mol. The van der Waals surface area contributed by atoms with E-state index in [0.29, 0.717) is 31.7 Å². The Morgan fingerprint density at radius 2 is 1.64 bits per heavy atom. The zero-order chi connectivity index (χ0) is 19.6. The minimum atomic E-state index is -3.55. The van der Waals surface area contributed by atoms with Crippen molar-refractivity contribution >= 4 is 26.5 Å². The first kappa shape index (κ1) is 18.6. The van der Waals surface area contributed by atoms with Crippen LogP contribution >= 0.6 is 11.3 Å². The summed E-state index contributed by atoms with van der Waals surface area (Å²) in [6, 6.07) is 18.1. The first-order valence-electron chi connectivity index (χ1n) is 8.84. The monoisotopic (exact) mass is 410 g/mol. The predicted molar refractivity (Wildman–Crippen MR) is 110 cm³/mol. The zero-order valence-electron chi connectivity index (χ0n) is 15.0. The van der Waals surface area contributed by atoms with E-state index in [1.807, 2.05) is 30.5 Å². The highest BCUT2D eigenvalue weighted by Crippen LogP contribution is 2.31. The maximum absolute atomic E-state index is 12.8. The second kappa shape index (κ2) is 7.72. The number of rotatable bonds is 4. The van der Waals surface area contributed by atoms with Gasteiger partial charge < -0.3 is 4.90 Å². The van der Waals surface area contributed by atoms with Crippen LogP contribution in [0.4, 0.5) is 5.13 Å². The lowest BCUT2D eigenvalue weighted by Crippen LogP contribution is -2.48. The fourth-order valence-electron chi connectivity index (χ4n) is 3.12. The summed E-state index contributed by atoms with van der Waals surface area (Å²) in [7, 11) is -3.55. The molecular formula is C20H18N4O2S2. The second-order valence-electron chi connectivity index (χ2n) is 6.40. The third kappa shape index (κ3) is 3.64. The Labute approximate surface area is 168 Å². The van der Waals surface area contributed by atoms with Crippen molar-refractivity contribution in [1.29, 1.82) is 5.26 Å². The molecule has 28 heavy (non-hydrogen) atoms. The van der Waals surface area contributed by atoms with Crippen molar-refractivity contribution in [2.75, 3.05) is 31.1 Å². The molecule has 0 atom stereocenters. The van der Waals surface area contributed by atoms with Crippen LogP contribution in [0.25, 0.3) is 10.4 Å². The number of hydrogen-bond acceptors (Lipinski definition) is 6. The van der Waals surface area contributed by atoms with Crippen LogP contribution in [0, 0.1) is 11.3 Å². The summed E-state index contributed by atoms with van der Waals surface area (Å²) < 4.78 is 27.2. The van der Waals surface area contributed by atoms with Gasteiger partial charge in [-0.25, -0.2) is 13.4 Å². The van der Waals surface area contributed by atoms with Gasteiger partial charge in [0.1, 0.15) is 0 Å². The fraction of sp³-hybridized carbons (Fsp3) is 0.200. The van der Waals surface area contributed by atoms with E-state index >= 15 is 0 Å². The Kier molecular flexibility index (Phi) is 5.13. The second-order valence-corrected chi connectivity index (χ2v) is 9.35. The number of nitrogens with zero attached hydrogens (tertiary/aromatic N) is 4. The maximum Gasteiger partial charge on any atom is 0.243 e. The van der Waals surface area contributed by atoms with E-state index < -0.39 is 10.0 Å². The number of thiazole rings is 1. The van der Waals surface area contributed by atoms with Gasteiger partial charge in [0.15, 0.2) is 5.13 Å². The Morgan fingerprint density at radius 3 is 2.29 bits per heavy atom. The first-order valence-corrected chi connectivity index (χ1v) is 11.1. The summed E-state index contributed by atoms with van der Waals surface area (Å²) in [5.74, 6) is 0. The molecule has 1 aromatic heterocycles. The van der Waals surface area contributed by atoms with E-state index in [2.05, 4.69) is 22.0 Å². The normalized spacial score (nSPS) is 15.3. The minimum Gasteiger partial charge on any atom is -0.345 e. The van der Waals surface area contributed by atoms with E-state index in [4.69, 9.17) is 5.26 Å². The lowest BCUT2D eigenvalue weighted by molar-refractivity contribution is 0.385. The molecule has 6 nitrogen and oxygen atoms in total. The molecule has 0 amide bonds.